The Morgan fingerprint density at radius 2 is 2.11 bits per heavy atom. The summed E-state index contributed by atoms with van der Waals surface area (Å²) in [6.07, 6.45) is 1.65. The second kappa shape index (κ2) is 5.78. The zero-order valence-electron chi connectivity index (χ0n) is 9.83. The Balaban J connectivity index is 3.09. The fourth-order valence-corrected chi connectivity index (χ4v) is 1.80. The maximum Gasteiger partial charge on any atom is 0.312 e. The van der Waals surface area contributed by atoms with Gasteiger partial charge in [0.2, 0.25) is 10.0 Å². The second-order valence-electron chi connectivity index (χ2n) is 3.63. The van der Waals surface area contributed by atoms with E-state index in [0.717, 1.165) is 18.9 Å². The molecule has 1 aromatic carbocycles. The van der Waals surface area contributed by atoms with Gasteiger partial charge in [-0.2, -0.15) is 0 Å². The van der Waals surface area contributed by atoms with E-state index in [1.807, 2.05) is 6.92 Å². The molecule has 0 saturated carbocycles. The number of hydrogen-bond donors (Lipinski definition) is 1. The fraction of sp³-hybridized carbons (Fsp3) is 0.400. The molecular formula is C10H14N2O5S. The van der Waals surface area contributed by atoms with Crippen LogP contribution >= 0.6 is 0 Å². The molecule has 2 N–H and O–H groups in total. The van der Waals surface area contributed by atoms with Gasteiger partial charge >= 0.3 is 5.69 Å². The molecule has 0 aromatic heterocycles. The van der Waals surface area contributed by atoms with Crippen LogP contribution in [0.3, 0.4) is 0 Å². The highest BCUT2D eigenvalue weighted by atomic mass is 32.2. The van der Waals surface area contributed by atoms with Crippen LogP contribution in [-0.2, 0) is 10.0 Å². The maximum absolute atomic E-state index is 11.1. The van der Waals surface area contributed by atoms with Crippen molar-refractivity contribution in [2.75, 3.05) is 6.61 Å². The normalized spacial score (nSPS) is 11.2. The lowest BCUT2D eigenvalue weighted by Gasteiger charge is -2.07. The molecule has 0 amide bonds. The lowest BCUT2D eigenvalue weighted by atomic mass is 10.3. The molecule has 0 atom stereocenters. The Labute approximate surface area is 105 Å². The zero-order chi connectivity index (χ0) is 13.8. The molecule has 0 aliphatic rings. The Bertz CT molecular complexity index is 541. The summed E-state index contributed by atoms with van der Waals surface area (Å²) in [4.78, 5) is 9.82. The first-order chi connectivity index (χ1) is 8.36. The van der Waals surface area contributed by atoms with E-state index in [0.29, 0.717) is 6.61 Å². The Morgan fingerprint density at radius 1 is 1.44 bits per heavy atom. The van der Waals surface area contributed by atoms with Crippen LogP contribution in [0, 0.1) is 10.1 Å². The van der Waals surface area contributed by atoms with E-state index in [2.05, 4.69) is 0 Å². The van der Waals surface area contributed by atoms with Crippen LogP contribution in [0.25, 0.3) is 0 Å². The number of sulfonamides is 1. The predicted octanol–water partition coefficient (Wildman–Crippen LogP) is 1.42. The van der Waals surface area contributed by atoms with Crippen LogP contribution in [-0.4, -0.2) is 19.9 Å². The topological polar surface area (TPSA) is 113 Å². The summed E-state index contributed by atoms with van der Waals surface area (Å²) in [6.45, 7) is 2.30. The van der Waals surface area contributed by atoms with E-state index in [1.54, 1.807) is 0 Å². The summed E-state index contributed by atoms with van der Waals surface area (Å²) in [5, 5.41) is 15.7. The average molecular weight is 274 g/mol. The molecular weight excluding hydrogens is 260 g/mol. The van der Waals surface area contributed by atoms with Crippen molar-refractivity contribution >= 4 is 15.7 Å². The van der Waals surface area contributed by atoms with Crippen LogP contribution in [0.2, 0.25) is 0 Å². The van der Waals surface area contributed by atoms with Crippen LogP contribution < -0.4 is 9.88 Å². The molecule has 0 radical (unpaired) electrons. The number of rotatable bonds is 6. The summed E-state index contributed by atoms with van der Waals surface area (Å²) in [5.74, 6) is 0.0425. The summed E-state index contributed by atoms with van der Waals surface area (Å²) < 4.78 is 27.4. The summed E-state index contributed by atoms with van der Waals surface area (Å²) in [6, 6.07) is 3.33. The highest BCUT2D eigenvalue weighted by molar-refractivity contribution is 7.89. The number of ether oxygens (including phenoxy) is 1. The molecule has 1 rings (SSSR count). The molecule has 0 fully saturated rings. The number of primary sulfonamides is 1. The van der Waals surface area contributed by atoms with Gasteiger partial charge in [0.05, 0.1) is 16.4 Å². The first-order valence-corrected chi connectivity index (χ1v) is 6.85. The van der Waals surface area contributed by atoms with Crippen molar-refractivity contribution in [3.05, 3.63) is 28.3 Å². The van der Waals surface area contributed by atoms with Crippen LogP contribution in [0.1, 0.15) is 19.8 Å². The van der Waals surface area contributed by atoms with Crippen molar-refractivity contribution in [1.29, 1.82) is 0 Å². The molecule has 100 valence electrons. The molecule has 0 saturated heterocycles. The third kappa shape index (κ3) is 3.67. The van der Waals surface area contributed by atoms with Crippen molar-refractivity contribution in [3.63, 3.8) is 0 Å². The quantitative estimate of drug-likeness (QED) is 0.479. The third-order valence-corrected chi connectivity index (χ3v) is 3.12. The monoisotopic (exact) mass is 274 g/mol. The van der Waals surface area contributed by atoms with Crippen LogP contribution in [0.4, 0.5) is 5.69 Å². The van der Waals surface area contributed by atoms with Crippen molar-refractivity contribution in [3.8, 4) is 5.75 Å². The number of nitrogens with zero attached hydrogens (tertiary/aromatic N) is 1. The lowest BCUT2D eigenvalue weighted by molar-refractivity contribution is -0.386. The maximum atomic E-state index is 11.1. The third-order valence-electron chi connectivity index (χ3n) is 2.21. The number of benzene rings is 1. The van der Waals surface area contributed by atoms with E-state index in [4.69, 9.17) is 9.88 Å². The highest BCUT2D eigenvalue weighted by Crippen LogP contribution is 2.29. The Kier molecular flexibility index (Phi) is 4.62. The average Bonchev–Trinajstić information content (AvgIpc) is 2.28. The minimum absolute atomic E-state index is 0.0425. The first-order valence-electron chi connectivity index (χ1n) is 5.30. The van der Waals surface area contributed by atoms with E-state index >= 15 is 0 Å². The van der Waals surface area contributed by atoms with Gasteiger partial charge in [0.15, 0.2) is 5.75 Å². The molecule has 18 heavy (non-hydrogen) atoms. The van der Waals surface area contributed by atoms with E-state index < -0.39 is 20.6 Å². The Morgan fingerprint density at radius 3 is 2.61 bits per heavy atom. The lowest BCUT2D eigenvalue weighted by Crippen LogP contribution is -2.12. The predicted molar refractivity (Wildman–Crippen MR) is 64.9 cm³/mol. The largest absolute Gasteiger partial charge is 0.487 e. The van der Waals surface area contributed by atoms with Gasteiger partial charge in [0.25, 0.3) is 0 Å². The van der Waals surface area contributed by atoms with Gasteiger partial charge in [-0.25, -0.2) is 13.6 Å². The van der Waals surface area contributed by atoms with Gasteiger partial charge in [-0.15, -0.1) is 0 Å². The molecule has 0 heterocycles. The molecule has 0 bridgehead atoms. The number of hydrogen-bond acceptors (Lipinski definition) is 5. The summed E-state index contributed by atoms with van der Waals surface area (Å²) in [5.41, 5.74) is -0.405. The standard InChI is InChI=1S/C10H14N2O5S/c1-2-3-6-17-10-5-4-8(18(11,15)16)7-9(10)12(13)14/h4-5,7H,2-3,6H2,1H3,(H2,11,15,16). The van der Waals surface area contributed by atoms with E-state index in [9.17, 15) is 18.5 Å². The molecule has 8 heteroatoms. The molecule has 0 aliphatic heterocycles. The molecule has 1 aromatic rings. The molecule has 0 aliphatic carbocycles. The summed E-state index contributed by atoms with van der Waals surface area (Å²) >= 11 is 0. The van der Waals surface area contributed by atoms with Gasteiger partial charge in [-0.05, 0) is 18.6 Å². The fourth-order valence-electron chi connectivity index (χ4n) is 1.27. The number of nitro benzene ring substituents is 1. The van der Waals surface area contributed by atoms with Crippen molar-refractivity contribution in [2.45, 2.75) is 24.7 Å². The SMILES string of the molecule is CCCCOc1ccc(S(N)(=O)=O)cc1[N+](=O)[O-]. The van der Waals surface area contributed by atoms with Crippen molar-refractivity contribution in [1.82, 2.24) is 0 Å². The van der Waals surface area contributed by atoms with E-state index in [-0.39, 0.29) is 10.6 Å². The molecule has 0 spiro atoms. The van der Waals surface area contributed by atoms with Gasteiger partial charge < -0.3 is 4.74 Å². The van der Waals surface area contributed by atoms with Crippen LogP contribution in [0.5, 0.6) is 5.75 Å². The highest BCUT2D eigenvalue weighted by Gasteiger charge is 2.19. The minimum atomic E-state index is -3.96. The number of nitrogens with two attached hydrogens (primary N) is 1. The summed E-state index contributed by atoms with van der Waals surface area (Å²) in [7, 11) is -3.96. The van der Waals surface area contributed by atoms with Crippen molar-refractivity contribution < 1.29 is 18.1 Å². The minimum Gasteiger partial charge on any atom is -0.487 e. The van der Waals surface area contributed by atoms with Gasteiger partial charge in [0.1, 0.15) is 0 Å². The van der Waals surface area contributed by atoms with Crippen LogP contribution in [0.15, 0.2) is 23.1 Å². The molecule has 0 unspecified atom stereocenters. The van der Waals surface area contributed by atoms with E-state index in [1.165, 1.54) is 12.1 Å². The van der Waals surface area contributed by atoms with Gasteiger partial charge in [-0.1, -0.05) is 13.3 Å². The first kappa shape index (κ1) is 14.4. The Hall–Kier alpha value is -1.67. The van der Waals surface area contributed by atoms with Gasteiger partial charge in [-0.3, -0.25) is 10.1 Å². The van der Waals surface area contributed by atoms with Gasteiger partial charge in [0, 0.05) is 6.07 Å². The van der Waals surface area contributed by atoms with Crippen molar-refractivity contribution in [2.24, 2.45) is 5.14 Å². The number of unbranched alkanes of at least 4 members (excludes halogenated alkanes) is 1. The second-order valence-corrected chi connectivity index (χ2v) is 5.20. The molecule has 7 nitrogen and oxygen atoms in total. The smallest absolute Gasteiger partial charge is 0.312 e. The number of nitro groups is 1. The zero-order valence-corrected chi connectivity index (χ0v) is 10.6.